The quantitative estimate of drug-likeness (QED) is 0.170. The third-order valence-corrected chi connectivity index (χ3v) is 8.70. The van der Waals surface area contributed by atoms with Crippen LogP contribution in [0.1, 0.15) is 30.7 Å². The summed E-state index contributed by atoms with van der Waals surface area (Å²) >= 11 is 0. The molecule has 0 unspecified atom stereocenters. The van der Waals surface area contributed by atoms with Crippen LogP contribution in [-0.2, 0) is 6.42 Å². The Morgan fingerprint density at radius 3 is 1.62 bits per heavy atom. The lowest BCUT2D eigenvalue weighted by atomic mass is 9.92. The molecule has 0 amide bonds. The standard InChI is InChI=1S/C45H37N3/c1-4-13-35-24-38(23-22-32(35)5-2)41-26-40(37-19-12-18-36(25-37)39-21-20-31(3)46-30-39)27-42(28-41)45-47-43(33-14-8-6-9-15-33)29-44(48-45)34-16-10-7-11-17-34/h4,6-30H,5H2,1-3H3/b13-4-. The lowest BCUT2D eigenvalue weighted by Crippen LogP contribution is -1.97. The Balaban J connectivity index is 1.44. The summed E-state index contributed by atoms with van der Waals surface area (Å²) in [5.74, 6) is 0.691. The van der Waals surface area contributed by atoms with E-state index in [9.17, 15) is 0 Å². The van der Waals surface area contributed by atoms with Crippen LogP contribution in [0.2, 0.25) is 0 Å². The van der Waals surface area contributed by atoms with Crippen LogP contribution in [0.5, 0.6) is 0 Å². The summed E-state index contributed by atoms with van der Waals surface area (Å²) in [6.45, 7) is 6.29. The summed E-state index contributed by atoms with van der Waals surface area (Å²) in [5, 5.41) is 0. The molecule has 0 radical (unpaired) electrons. The monoisotopic (exact) mass is 619 g/mol. The van der Waals surface area contributed by atoms with Gasteiger partial charge in [0.25, 0.3) is 0 Å². The first kappa shape index (κ1) is 30.7. The van der Waals surface area contributed by atoms with Crippen molar-refractivity contribution in [2.24, 2.45) is 0 Å². The van der Waals surface area contributed by atoms with E-state index in [0.29, 0.717) is 5.82 Å². The molecule has 0 aliphatic heterocycles. The Morgan fingerprint density at radius 2 is 1.04 bits per heavy atom. The Kier molecular flexibility index (Phi) is 8.84. The predicted octanol–water partition coefficient (Wildman–Crippen LogP) is 11.8. The molecule has 0 saturated carbocycles. The molecule has 7 aromatic rings. The van der Waals surface area contributed by atoms with E-state index in [1.807, 2.05) is 25.3 Å². The zero-order valence-electron chi connectivity index (χ0n) is 27.6. The molecule has 0 aliphatic carbocycles. The van der Waals surface area contributed by atoms with E-state index in [-0.39, 0.29) is 0 Å². The second kappa shape index (κ2) is 13.8. The van der Waals surface area contributed by atoms with Crippen LogP contribution in [0.4, 0.5) is 0 Å². The molecule has 3 heteroatoms. The number of aromatic nitrogens is 3. The first-order valence-electron chi connectivity index (χ1n) is 16.5. The zero-order valence-corrected chi connectivity index (χ0v) is 27.6. The number of aryl methyl sites for hydroxylation is 2. The van der Waals surface area contributed by atoms with Crippen molar-refractivity contribution in [3.8, 4) is 67.3 Å². The minimum Gasteiger partial charge on any atom is -0.261 e. The molecular weight excluding hydrogens is 583 g/mol. The molecule has 0 spiro atoms. The average Bonchev–Trinajstić information content (AvgIpc) is 3.15. The van der Waals surface area contributed by atoms with Crippen LogP contribution in [-0.4, -0.2) is 15.0 Å². The van der Waals surface area contributed by atoms with Crippen LogP contribution >= 0.6 is 0 Å². The van der Waals surface area contributed by atoms with Crippen molar-refractivity contribution < 1.29 is 0 Å². The van der Waals surface area contributed by atoms with Gasteiger partial charge in [-0.3, -0.25) is 4.98 Å². The Labute approximate surface area is 283 Å². The van der Waals surface area contributed by atoms with Crippen molar-refractivity contribution in [3.05, 3.63) is 169 Å². The van der Waals surface area contributed by atoms with Crippen LogP contribution in [0.3, 0.4) is 0 Å². The summed E-state index contributed by atoms with van der Waals surface area (Å²) in [7, 11) is 0. The highest BCUT2D eigenvalue weighted by atomic mass is 14.9. The van der Waals surface area contributed by atoms with Crippen LogP contribution in [0, 0.1) is 6.92 Å². The summed E-state index contributed by atoms with van der Waals surface area (Å²) in [6, 6.07) is 49.2. The SMILES string of the molecule is C/C=C\c1cc(-c2cc(-c3cccc(-c4ccc(C)nc4)c3)cc(-c3nc(-c4ccccc4)cc(-c4ccccc4)n3)c2)ccc1CC. The van der Waals surface area contributed by atoms with Crippen LogP contribution in [0.15, 0.2) is 152 Å². The molecule has 0 bridgehead atoms. The third-order valence-electron chi connectivity index (χ3n) is 8.70. The van der Waals surface area contributed by atoms with Gasteiger partial charge < -0.3 is 0 Å². The molecule has 0 atom stereocenters. The van der Waals surface area contributed by atoms with Crippen molar-refractivity contribution >= 4 is 6.08 Å². The lowest BCUT2D eigenvalue weighted by molar-refractivity contribution is 1.13. The normalized spacial score (nSPS) is 11.2. The van der Waals surface area contributed by atoms with Gasteiger partial charge >= 0.3 is 0 Å². The second-order valence-electron chi connectivity index (χ2n) is 12.0. The van der Waals surface area contributed by atoms with Gasteiger partial charge in [-0.2, -0.15) is 0 Å². The number of rotatable bonds is 8. The van der Waals surface area contributed by atoms with Gasteiger partial charge in [-0.1, -0.05) is 116 Å². The molecule has 0 fully saturated rings. The number of pyridine rings is 1. The molecule has 2 heterocycles. The first-order valence-corrected chi connectivity index (χ1v) is 16.5. The van der Waals surface area contributed by atoms with E-state index in [1.54, 1.807) is 0 Å². The molecule has 3 nitrogen and oxygen atoms in total. The van der Waals surface area contributed by atoms with Gasteiger partial charge in [0.1, 0.15) is 0 Å². The van der Waals surface area contributed by atoms with E-state index in [0.717, 1.165) is 73.6 Å². The molecular formula is C45H37N3. The number of allylic oxidation sites excluding steroid dienone is 1. The number of hydrogen-bond donors (Lipinski definition) is 0. The summed E-state index contributed by atoms with van der Waals surface area (Å²) in [4.78, 5) is 14.9. The van der Waals surface area contributed by atoms with Crippen molar-refractivity contribution in [2.75, 3.05) is 0 Å². The van der Waals surface area contributed by atoms with Gasteiger partial charge in [0.2, 0.25) is 0 Å². The van der Waals surface area contributed by atoms with Gasteiger partial charge in [0.15, 0.2) is 5.82 Å². The maximum Gasteiger partial charge on any atom is 0.160 e. The molecule has 0 aliphatic rings. The smallest absolute Gasteiger partial charge is 0.160 e. The van der Waals surface area contributed by atoms with Crippen molar-refractivity contribution in [2.45, 2.75) is 27.2 Å². The van der Waals surface area contributed by atoms with Crippen LogP contribution < -0.4 is 0 Å². The number of nitrogens with zero attached hydrogens (tertiary/aromatic N) is 3. The molecule has 5 aromatic carbocycles. The van der Waals surface area contributed by atoms with Crippen LogP contribution in [0.25, 0.3) is 73.4 Å². The third kappa shape index (κ3) is 6.63. The Bertz CT molecular complexity index is 2160. The Hall–Kier alpha value is -5.93. The van der Waals surface area contributed by atoms with E-state index in [2.05, 4.69) is 158 Å². The highest BCUT2D eigenvalue weighted by Crippen LogP contribution is 2.36. The minimum absolute atomic E-state index is 0.691. The minimum atomic E-state index is 0.691. The first-order chi connectivity index (χ1) is 23.6. The lowest BCUT2D eigenvalue weighted by Gasteiger charge is -2.14. The molecule has 48 heavy (non-hydrogen) atoms. The number of benzene rings is 5. The largest absolute Gasteiger partial charge is 0.261 e. The van der Waals surface area contributed by atoms with E-state index in [1.165, 1.54) is 11.1 Å². The molecule has 0 saturated heterocycles. The maximum absolute atomic E-state index is 5.19. The fourth-order valence-corrected chi connectivity index (χ4v) is 6.13. The summed E-state index contributed by atoms with van der Waals surface area (Å²) in [5.41, 5.74) is 15.2. The van der Waals surface area contributed by atoms with E-state index < -0.39 is 0 Å². The Morgan fingerprint density at radius 1 is 0.500 bits per heavy atom. The second-order valence-corrected chi connectivity index (χ2v) is 12.0. The van der Waals surface area contributed by atoms with Crippen molar-refractivity contribution in [1.82, 2.24) is 15.0 Å². The van der Waals surface area contributed by atoms with Crippen molar-refractivity contribution in [3.63, 3.8) is 0 Å². The van der Waals surface area contributed by atoms with Gasteiger partial charge in [-0.25, -0.2) is 9.97 Å². The topological polar surface area (TPSA) is 38.7 Å². The molecule has 7 rings (SSSR count). The summed E-state index contributed by atoms with van der Waals surface area (Å²) in [6.07, 6.45) is 7.24. The fourth-order valence-electron chi connectivity index (χ4n) is 6.13. The van der Waals surface area contributed by atoms with Gasteiger partial charge in [-0.05, 0) is 102 Å². The molecule has 232 valence electrons. The fraction of sp³-hybridized carbons (Fsp3) is 0.0889. The highest BCUT2D eigenvalue weighted by Gasteiger charge is 2.15. The average molecular weight is 620 g/mol. The van der Waals surface area contributed by atoms with E-state index >= 15 is 0 Å². The van der Waals surface area contributed by atoms with Crippen molar-refractivity contribution in [1.29, 1.82) is 0 Å². The van der Waals surface area contributed by atoms with E-state index in [4.69, 9.17) is 9.97 Å². The number of hydrogen-bond acceptors (Lipinski definition) is 3. The zero-order chi connectivity index (χ0) is 32.9. The molecule has 2 aromatic heterocycles. The van der Waals surface area contributed by atoms with Gasteiger partial charge in [-0.15, -0.1) is 0 Å². The molecule has 0 N–H and O–H groups in total. The highest BCUT2D eigenvalue weighted by molar-refractivity contribution is 5.83. The van der Waals surface area contributed by atoms with Gasteiger partial charge in [0, 0.05) is 34.1 Å². The predicted molar refractivity (Wildman–Crippen MR) is 201 cm³/mol. The summed E-state index contributed by atoms with van der Waals surface area (Å²) < 4.78 is 0. The maximum atomic E-state index is 5.19. The van der Waals surface area contributed by atoms with Gasteiger partial charge in [0.05, 0.1) is 11.4 Å².